The molecule has 2 aromatic rings. The molecule has 1 aromatic heterocycles. The van der Waals surface area contributed by atoms with Gasteiger partial charge < -0.3 is 10.6 Å². The summed E-state index contributed by atoms with van der Waals surface area (Å²) in [6, 6.07) is 12.4. The van der Waals surface area contributed by atoms with E-state index in [4.69, 9.17) is 11.6 Å². The van der Waals surface area contributed by atoms with Gasteiger partial charge in [0.1, 0.15) is 5.03 Å². The zero-order valence-electron chi connectivity index (χ0n) is 14.0. The second-order valence-corrected chi connectivity index (χ2v) is 8.04. The Labute approximate surface area is 168 Å². The van der Waals surface area contributed by atoms with Gasteiger partial charge in [-0.25, -0.2) is 0 Å². The average Bonchev–Trinajstić information content (AvgIpc) is 2.96. The Bertz CT molecular complexity index is 762. The zero-order chi connectivity index (χ0) is 17.2. The van der Waals surface area contributed by atoms with Gasteiger partial charge in [-0.15, -0.1) is 22.6 Å². The number of carbonyl (C=O) groups excluding carboxylic acids is 1. The van der Waals surface area contributed by atoms with E-state index in [0.717, 1.165) is 17.7 Å². The van der Waals surface area contributed by atoms with Crippen LogP contribution in [0, 0.1) is 0 Å². The summed E-state index contributed by atoms with van der Waals surface area (Å²) >= 11 is 7.59. The summed E-state index contributed by atoms with van der Waals surface area (Å²) in [5, 5.41) is 16.3. The largest absolute Gasteiger partial charge is 0.348 e. The van der Waals surface area contributed by atoms with Crippen molar-refractivity contribution < 1.29 is 4.79 Å². The minimum Gasteiger partial charge on any atom is -0.348 e. The molecule has 0 spiro atoms. The van der Waals surface area contributed by atoms with Crippen LogP contribution in [-0.4, -0.2) is 34.2 Å². The number of hydrogen-bond donors (Lipinski definition) is 2. The number of benzene rings is 1. The Morgan fingerprint density at radius 1 is 1.12 bits per heavy atom. The highest BCUT2D eigenvalue weighted by atomic mass is 35.5. The molecule has 1 amide bonds. The van der Waals surface area contributed by atoms with Crippen LogP contribution in [-0.2, 0) is 0 Å². The minimum atomic E-state index is -0.145. The van der Waals surface area contributed by atoms with E-state index in [1.165, 1.54) is 24.6 Å². The summed E-state index contributed by atoms with van der Waals surface area (Å²) in [7, 11) is 0. The van der Waals surface area contributed by atoms with Crippen LogP contribution in [0.2, 0.25) is 5.02 Å². The summed E-state index contributed by atoms with van der Waals surface area (Å²) in [6.07, 6.45) is 4.42. The van der Waals surface area contributed by atoms with Crippen molar-refractivity contribution in [1.29, 1.82) is 0 Å². The van der Waals surface area contributed by atoms with E-state index in [2.05, 4.69) is 20.8 Å². The van der Waals surface area contributed by atoms with Crippen LogP contribution in [0.4, 0.5) is 0 Å². The monoisotopic (exact) mass is 410 g/mol. The van der Waals surface area contributed by atoms with E-state index in [9.17, 15) is 4.79 Å². The number of fused-ring (bicyclic) bond motifs is 2. The highest BCUT2D eigenvalue weighted by Crippen LogP contribution is 2.31. The number of rotatable bonds is 4. The van der Waals surface area contributed by atoms with E-state index in [1.54, 1.807) is 6.07 Å². The summed E-state index contributed by atoms with van der Waals surface area (Å²) in [6.45, 7) is 0. The fraction of sp³-hybridized carbons (Fsp3) is 0.389. The molecule has 2 fully saturated rings. The molecule has 0 saturated carbocycles. The SMILES string of the molecule is Cl.O=C(NC1CC2CCC(C1)N2)c1ccc(Sc2ccccc2Cl)nn1. The van der Waals surface area contributed by atoms with Crippen LogP contribution in [0.5, 0.6) is 0 Å². The van der Waals surface area contributed by atoms with Crippen LogP contribution in [0.25, 0.3) is 0 Å². The van der Waals surface area contributed by atoms with E-state index >= 15 is 0 Å². The summed E-state index contributed by atoms with van der Waals surface area (Å²) in [5.74, 6) is -0.145. The van der Waals surface area contributed by atoms with E-state index < -0.39 is 0 Å². The molecule has 0 aliphatic carbocycles. The van der Waals surface area contributed by atoms with E-state index in [1.807, 2.05) is 30.3 Å². The number of carbonyl (C=O) groups is 1. The van der Waals surface area contributed by atoms with Crippen molar-refractivity contribution in [1.82, 2.24) is 20.8 Å². The molecule has 0 radical (unpaired) electrons. The van der Waals surface area contributed by atoms with Gasteiger partial charge in [0.25, 0.3) is 5.91 Å². The maximum atomic E-state index is 12.4. The molecule has 2 bridgehead atoms. The normalized spacial score (nSPS) is 24.0. The molecule has 2 unspecified atom stereocenters. The molecule has 2 N–H and O–H groups in total. The van der Waals surface area contributed by atoms with Crippen molar-refractivity contribution in [2.24, 2.45) is 0 Å². The fourth-order valence-electron chi connectivity index (χ4n) is 3.57. The first-order valence-electron chi connectivity index (χ1n) is 8.50. The molecule has 1 aromatic carbocycles. The van der Waals surface area contributed by atoms with Gasteiger partial charge in [-0.3, -0.25) is 4.79 Å². The Morgan fingerprint density at radius 3 is 2.50 bits per heavy atom. The smallest absolute Gasteiger partial charge is 0.272 e. The quantitative estimate of drug-likeness (QED) is 0.803. The van der Waals surface area contributed by atoms with Gasteiger partial charge in [-0.1, -0.05) is 35.5 Å². The summed E-state index contributed by atoms with van der Waals surface area (Å²) < 4.78 is 0. The van der Waals surface area contributed by atoms with Gasteiger partial charge in [0, 0.05) is 23.0 Å². The molecule has 4 rings (SSSR count). The number of nitrogens with zero attached hydrogens (tertiary/aromatic N) is 2. The first-order valence-corrected chi connectivity index (χ1v) is 9.70. The first-order chi connectivity index (χ1) is 12.2. The van der Waals surface area contributed by atoms with Gasteiger partial charge >= 0.3 is 0 Å². The van der Waals surface area contributed by atoms with Crippen LogP contribution in [0.3, 0.4) is 0 Å². The molecule has 8 heteroatoms. The Balaban J connectivity index is 0.00000196. The number of piperidine rings is 1. The molecule has 5 nitrogen and oxygen atoms in total. The number of hydrogen-bond acceptors (Lipinski definition) is 5. The maximum Gasteiger partial charge on any atom is 0.272 e. The molecule has 2 atom stereocenters. The van der Waals surface area contributed by atoms with Gasteiger partial charge in [-0.05, 0) is 49.9 Å². The maximum absolute atomic E-state index is 12.4. The third-order valence-electron chi connectivity index (χ3n) is 4.73. The predicted molar refractivity (Wildman–Crippen MR) is 105 cm³/mol. The molecule has 26 heavy (non-hydrogen) atoms. The Morgan fingerprint density at radius 2 is 1.85 bits per heavy atom. The first kappa shape index (κ1) is 19.4. The topological polar surface area (TPSA) is 66.9 Å². The standard InChI is InChI=1S/C18H19ClN4OS.ClH/c19-14-3-1-2-4-16(14)25-17-8-7-15(22-23-17)18(24)21-13-9-11-5-6-12(10-13)20-11;/h1-4,7-8,11-13,20H,5-6,9-10H2,(H,21,24);1H. The van der Waals surface area contributed by atoms with Gasteiger partial charge in [0.15, 0.2) is 5.69 Å². The lowest BCUT2D eigenvalue weighted by Gasteiger charge is -2.29. The lowest BCUT2D eigenvalue weighted by Crippen LogP contribution is -2.48. The molecule has 2 aliphatic heterocycles. The van der Waals surface area contributed by atoms with E-state index in [-0.39, 0.29) is 24.4 Å². The van der Waals surface area contributed by atoms with Crippen molar-refractivity contribution in [3.05, 3.63) is 47.1 Å². The lowest BCUT2D eigenvalue weighted by molar-refractivity contribution is 0.0917. The summed E-state index contributed by atoms with van der Waals surface area (Å²) in [4.78, 5) is 13.3. The fourth-order valence-corrected chi connectivity index (χ4v) is 4.58. The second-order valence-electron chi connectivity index (χ2n) is 6.57. The van der Waals surface area contributed by atoms with Crippen LogP contribution < -0.4 is 10.6 Å². The number of amides is 1. The van der Waals surface area contributed by atoms with Crippen LogP contribution in [0.15, 0.2) is 46.3 Å². The zero-order valence-corrected chi connectivity index (χ0v) is 16.4. The van der Waals surface area contributed by atoms with Crippen molar-refractivity contribution in [2.75, 3.05) is 0 Å². The number of aromatic nitrogens is 2. The Hall–Kier alpha value is -1.34. The lowest BCUT2D eigenvalue weighted by atomic mass is 10.00. The van der Waals surface area contributed by atoms with Crippen molar-refractivity contribution in [3.63, 3.8) is 0 Å². The predicted octanol–water partition coefficient (Wildman–Crippen LogP) is 3.72. The van der Waals surface area contributed by atoms with Crippen LogP contribution >= 0.6 is 35.8 Å². The van der Waals surface area contributed by atoms with Crippen molar-refractivity contribution >= 4 is 41.7 Å². The Kier molecular flexibility index (Phi) is 6.40. The van der Waals surface area contributed by atoms with Crippen molar-refractivity contribution in [3.8, 4) is 0 Å². The number of halogens is 2. The van der Waals surface area contributed by atoms with E-state index in [0.29, 0.717) is 27.8 Å². The van der Waals surface area contributed by atoms with Crippen molar-refractivity contribution in [2.45, 2.75) is 53.7 Å². The molecular formula is C18H20Cl2N4OS. The highest BCUT2D eigenvalue weighted by molar-refractivity contribution is 7.99. The average molecular weight is 411 g/mol. The third-order valence-corrected chi connectivity index (χ3v) is 6.18. The molecule has 2 aliphatic rings. The van der Waals surface area contributed by atoms with Gasteiger partial charge in [0.05, 0.1) is 5.02 Å². The molecule has 2 saturated heterocycles. The minimum absolute atomic E-state index is 0. The highest BCUT2D eigenvalue weighted by Gasteiger charge is 2.34. The summed E-state index contributed by atoms with van der Waals surface area (Å²) in [5.41, 5.74) is 0.356. The molecule has 3 heterocycles. The molecule has 138 valence electrons. The second kappa shape index (κ2) is 8.57. The van der Waals surface area contributed by atoms with Gasteiger partial charge in [0.2, 0.25) is 0 Å². The van der Waals surface area contributed by atoms with Crippen LogP contribution in [0.1, 0.15) is 36.2 Å². The number of nitrogens with one attached hydrogen (secondary N) is 2. The van der Waals surface area contributed by atoms with Gasteiger partial charge in [-0.2, -0.15) is 0 Å². The molecular weight excluding hydrogens is 391 g/mol. The third kappa shape index (κ3) is 4.49.